The molecule has 64 heavy (non-hydrogen) atoms. The smallest absolute Gasteiger partial charge is 0.311 e. The quantitative estimate of drug-likeness (QED) is 0.163. The van der Waals surface area contributed by atoms with Gasteiger partial charge >= 0.3 is 5.97 Å². The molecular weight excluding hydrogens is 826 g/mol. The maximum Gasteiger partial charge on any atom is 0.311 e. The molecule has 3 aliphatic rings. The van der Waals surface area contributed by atoms with Crippen LogP contribution in [0, 0.1) is 29.0 Å². The molecule has 0 spiro atoms. The third-order valence-corrected chi connectivity index (χ3v) is 15.0. The van der Waals surface area contributed by atoms with E-state index in [1.807, 2.05) is 53.6 Å². The third kappa shape index (κ3) is 12.4. The summed E-state index contributed by atoms with van der Waals surface area (Å²) in [6.07, 6.45) is -5.43. The topological polar surface area (TPSA) is 172 Å². The number of carbonyl (C=O) groups excluding carboxylic acids is 1. The number of cyclic esters (lactones) is 1. The molecule has 5 N–H and O–H groups in total. The first-order valence-electron chi connectivity index (χ1n) is 23.8. The number of aliphatic hydroxyl groups is 4. The summed E-state index contributed by atoms with van der Waals surface area (Å²) in [6.45, 7) is 24.8. The predicted octanol–water partition coefficient (Wildman–Crippen LogP) is 5.26. The van der Waals surface area contributed by atoms with Crippen LogP contribution in [0.5, 0.6) is 0 Å². The second-order valence-electron chi connectivity index (χ2n) is 20.9. The van der Waals surface area contributed by atoms with E-state index in [9.17, 15) is 29.6 Å². The highest BCUT2D eigenvalue weighted by Crippen LogP contribution is 2.45. The van der Waals surface area contributed by atoms with Gasteiger partial charge in [-0.1, -0.05) is 53.7 Å². The fourth-order valence-corrected chi connectivity index (χ4v) is 10.9. The molecule has 17 atom stereocenters. The number of likely N-dealkylation sites (N-methyl/N-ethyl adjacent to an activating group) is 1. The highest BCUT2D eigenvalue weighted by molar-refractivity contribution is 5.73. The molecule has 3 heterocycles. The highest BCUT2D eigenvalue weighted by atomic mass is 19.1. The zero-order valence-electron chi connectivity index (χ0n) is 41.7. The summed E-state index contributed by atoms with van der Waals surface area (Å²) in [5.41, 5.74) is -4.31. The molecule has 0 radical (unpaired) electrons. The predicted molar refractivity (Wildman–Crippen MR) is 244 cm³/mol. The second kappa shape index (κ2) is 22.5. The fourth-order valence-electron chi connectivity index (χ4n) is 10.9. The van der Waals surface area contributed by atoms with Crippen molar-refractivity contribution in [2.75, 3.05) is 40.8 Å². The molecule has 0 amide bonds. The standard InChI is InChI=1S/C49H86FN3O11/c1-16-22-53-27-29(3)42(55)48(12,57)38(17-2)62-44(56)33(7)41(32(6)43(46(9,10)24-30(53)4)64-45-40(54)37(52(13)14)23-31(5)60-45)63-39-25-47(11,59-15)49(58,34(8)61-39)28-51-26-35-18-20-36(50)21-19-35/h18-21,29-34,37-43,45,51,54-55,57-58H,16-17,22-28H2,1-15H3/t29-,30+,31+,32-,33+,34-,37-,38+,39+,40+,41+,42+,43+,45-,47-,48+,49+/m0/s1. The van der Waals surface area contributed by atoms with E-state index in [-0.39, 0.29) is 49.3 Å². The van der Waals surface area contributed by atoms with Crippen LogP contribution >= 0.6 is 0 Å². The first-order valence-corrected chi connectivity index (χ1v) is 23.8. The van der Waals surface area contributed by atoms with Gasteiger partial charge in [0.05, 0.1) is 36.4 Å². The van der Waals surface area contributed by atoms with Crippen molar-refractivity contribution in [3.05, 3.63) is 35.6 Å². The number of rotatable bonds is 13. The van der Waals surface area contributed by atoms with E-state index in [0.717, 1.165) is 18.5 Å². The molecule has 0 bridgehead atoms. The Hall–Kier alpha value is -1.86. The van der Waals surface area contributed by atoms with E-state index < -0.39 is 89.2 Å². The van der Waals surface area contributed by atoms with Gasteiger partial charge in [0.15, 0.2) is 12.6 Å². The normalized spacial score (nSPS) is 42.2. The van der Waals surface area contributed by atoms with Crippen molar-refractivity contribution < 1.29 is 58.0 Å². The number of methoxy groups -OCH3 is 1. The number of hydrogen-bond acceptors (Lipinski definition) is 14. The maximum absolute atomic E-state index is 14.6. The maximum atomic E-state index is 14.6. The average molecular weight is 912 g/mol. The zero-order valence-corrected chi connectivity index (χ0v) is 41.7. The van der Waals surface area contributed by atoms with E-state index in [4.69, 9.17) is 28.4 Å². The molecule has 0 saturated carbocycles. The van der Waals surface area contributed by atoms with Gasteiger partial charge in [0.2, 0.25) is 0 Å². The summed E-state index contributed by atoms with van der Waals surface area (Å²) in [4.78, 5) is 18.9. The van der Waals surface area contributed by atoms with E-state index in [0.29, 0.717) is 25.9 Å². The largest absolute Gasteiger partial charge is 0.459 e. The lowest BCUT2D eigenvalue weighted by Gasteiger charge is -2.54. The minimum atomic E-state index is -1.77. The van der Waals surface area contributed by atoms with Crippen LogP contribution in [0.1, 0.15) is 121 Å². The number of nitrogens with one attached hydrogen (secondary N) is 1. The molecule has 1 aromatic carbocycles. The molecule has 4 rings (SSSR count). The average Bonchev–Trinajstić information content (AvgIpc) is 3.22. The summed E-state index contributed by atoms with van der Waals surface area (Å²) < 4.78 is 53.0. The Morgan fingerprint density at radius 1 is 0.953 bits per heavy atom. The van der Waals surface area contributed by atoms with Gasteiger partial charge in [-0.25, -0.2) is 4.39 Å². The minimum Gasteiger partial charge on any atom is -0.459 e. The lowest BCUT2D eigenvalue weighted by atomic mass is 9.72. The molecule has 0 unspecified atom stereocenters. The Kier molecular flexibility index (Phi) is 19.2. The second-order valence-corrected chi connectivity index (χ2v) is 20.9. The molecule has 14 nitrogen and oxygen atoms in total. The van der Waals surface area contributed by atoms with Crippen molar-refractivity contribution >= 4 is 5.97 Å². The van der Waals surface area contributed by atoms with Gasteiger partial charge in [0, 0.05) is 51.2 Å². The summed E-state index contributed by atoms with van der Waals surface area (Å²) in [7, 11) is 5.40. The Balaban J connectivity index is 1.80. The van der Waals surface area contributed by atoms with E-state index in [2.05, 4.69) is 37.9 Å². The van der Waals surface area contributed by atoms with Crippen LogP contribution in [0.15, 0.2) is 24.3 Å². The molecule has 3 aliphatic heterocycles. The van der Waals surface area contributed by atoms with Crippen LogP contribution in [-0.2, 0) is 39.8 Å². The summed E-state index contributed by atoms with van der Waals surface area (Å²) in [5, 5.41) is 51.3. The number of nitrogens with zero attached hydrogens (tertiary/aromatic N) is 2. The first kappa shape index (κ1) is 54.7. The number of carbonyl (C=O) groups is 1. The first-order chi connectivity index (χ1) is 29.8. The molecule has 3 fully saturated rings. The van der Waals surface area contributed by atoms with Crippen molar-refractivity contribution in [2.24, 2.45) is 23.2 Å². The monoisotopic (exact) mass is 912 g/mol. The number of ether oxygens (including phenoxy) is 6. The van der Waals surface area contributed by atoms with Gasteiger partial charge in [-0.05, 0) is 117 Å². The van der Waals surface area contributed by atoms with E-state index >= 15 is 0 Å². The van der Waals surface area contributed by atoms with Gasteiger partial charge in [0.25, 0.3) is 0 Å². The van der Waals surface area contributed by atoms with Gasteiger partial charge in [-0.3, -0.25) is 4.79 Å². The van der Waals surface area contributed by atoms with Crippen molar-refractivity contribution in [1.29, 1.82) is 0 Å². The Labute approximate surface area is 383 Å². The molecule has 0 aliphatic carbocycles. The van der Waals surface area contributed by atoms with Gasteiger partial charge < -0.3 is 64.0 Å². The molecule has 1 aromatic rings. The molecule has 370 valence electrons. The van der Waals surface area contributed by atoms with Crippen LogP contribution in [0.3, 0.4) is 0 Å². The van der Waals surface area contributed by atoms with Crippen LogP contribution < -0.4 is 5.32 Å². The Morgan fingerprint density at radius 3 is 2.17 bits per heavy atom. The molecule has 0 aromatic heterocycles. The highest BCUT2D eigenvalue weighted by Gasteiger charge is 2.58. The lowest BCUT2D eigenvalue weighted by molar-refractivity contribution is -0.334. The number of esters is 1. The molecule has 15 heteroatoms. The zero-order chi connectivity index (χ0) is 48.1. The summed E-state index contributed by atoms with van der Waals surface area (Å²) in [5.74, 6) is -2.88. The SMILES string of the molecule is CCCN1C[C@H](C)[C@@H](O)[C@](C)(O)[C@@H](CC)OC(=O)[C@H](C)[C@H](O[C@@H]2C[C@](C)(OC)[C@@](O)(CNCc3ccc(F)cc3)[C@H](C)O2)[C@H](C)[C@@H](O[C@@H]2O[C@H](C)C[C@H](N(C)C)[C@H]2O)C(C)(C)C[C@H]1C. The minimum absolute atomic E-state index is 0.0143. The van der Waals surface area contributed by atoms with Crippen molar-refractivity contribution in [3.8, 4) is 0 Å². The summed E-state index contributed by atoms with van der Waals surface area (Å²) >= 11 is 0. The van der Waals surface area contributed by atoms with E-state index in [1.54, 1.807) is 26.0 Å². The fraction of sp³-hybridized carbons (Fsp3) is 0.857. The van der Waals surface area contributed by atoms with Crippen molar-refractivity contribution in [1.82, 2.24) is 15.1 Å². The van der Waals surface area contributed by atoms with Crippen molar-refractivity contribution in [3.63, 3.8) is 0 Å². The number of hydrogen-bond donors (Lipinski definition) is 5. The number of benzene rings is 1. The van der Waals surface area contributed by atoms with Gasteiger partial charge in [-0.2, -0.15) is 0 Å². The summed E-state index contributed by atoms with van der Waals surface area (Å²) in [6, 6.07) is 5.91. The Bertz CT molecular complexity index is 1610. The van der Waals surface area contributed by atoms with E-state index in [1.165, 1.54) is 26.2 Å². The van der Waals surface area contributed by atoms with Gasteiger partial charge in [-0.15, -0.1) is 0 Å². The molecule has 3 saturated heterocycles. The Morgan fingerprint density at radius 2 is 1.59 bits per heavy atom. The number of aliphatic hydroxyl groups excluding tert-OH is 2. The molecular formula is C49H86FN3O11. The lowest BCUT2D eigenvalue weighted by Crippen LogP contribution is -2.70. The number of halogens is 1. The van der Waals surface area contributed by atoms with Crippen LogP contribution in [0.25, 0.3) is 0 Å². The van der Waals surface area contributed by atoms with Crippen LogP contribution in [0.2, 0.25) is 0 Å². The third-order valence-electron chi connectivity index (χ3n) is 15.0. The van der Waals surface area contributed by atoms with Gasteiger partial charge in [0.1, 0.15) is 34.8 Å². The van der Waals surface area contributed by atoms with Crippen LogP contribution in [0.4, 0.5) is 4.39 Å². The van der Waals surface area contributed by atoms with Crippen molar-refractivity contribution in [2.45, 2.75) is 206 Å². The van der Waals surface area contributed by atoms with Crippen LogP contribution in [-0.4, -0.2) is 161 Å².